The summed E-state index contributed by atoms with van der Waals surface area (Å²) in [4.78, 5) is 17.8. The lowest BCUT2D eigenvalue weighted by Gasteiger charge is -2.28. The van der Waals surface area contributed by atoms with Gasteiger partial charge < -0.3 is 10.6 Å². The molecule has 4 nitrogen and oxygen atoms in total. The molecule has 100 valence electrons. The van der Waals surface area contributed by atoms with Gasteiger partial charge in [0.2, 0.25) is 0 Å². The van der Waals surface area contributed by atoms with E-state index in [1.165, 1.54) is 12.8 Å². The Morgan fingerprint density at radius 3 is 2.58 bits per heavy atom. The molecule has 0 radical (unpaired) electrons. The Balaban J connectivity index is 1.80. The maximum atomic E-state index is 12.0. The van der Waals surface area contributed by atoms with Crippen molar-refractivity contribution in [1.82, 2.24) is 4.90 Å². The topological polar surface area (TPSA) is 58.7 Å². The molecule has 2 N–H and O–H groups in total. The third-order valence-corrected chi connectivity index (χ3v) is 4.15. The van der Waals surface area contributed by atoms with E-state index in [0.717, 1.165) is 18.4 Å². The first-order valence-corrected chi connectivity index (χ1v) is 6.94. The molecule has 1 heterocycles. The number of amides is 2. The molecule has 19 heavy (non-hydrogen) atoms. The molecule has 0 bridgehead atoms. The number of nitrogens with two attached hydrogens (primary N) is 1. The highest BCUT2D eigenvalue weighted by Gasteiger charge is 2.39. The van der Waals surface area contributed by atoms with E-state index in [2.05, 4.69) is 4.99 Å². The minimum absolute atomic E-state index is 0.00945. The van der Waals surface area contributed by atoms with Crippen molar-refractivity contribution in [2.45, 2.75) is 38.3 Å². The zero-order valence-corrected chi connectivity index (χ0v) is 11.0. The molecule has 2 amide bonds. The number of carbonyl (C=O) groups is 1. The standard InChI is InChI=1S/C15H19N3O/c16-14-13(12-8-4-5-9-12)18(15(19)17-14)10-11-6-2-1-3-7-11/h1-3,6-7,12-13H,4-5,8-10H2,(H2,16,17,19). The van der Waals surface area contributed by atoms with Crippen molar-refractivity contribution >= 4 is 11.9 Å². The minimum atomic E-state index is -0.182. The second kappa shape index (κ2) is 5.03. The molecule has 1 unspecified atom stereocenters. The molecule has 0 saturated heterocycles. The van der Waals surface area contributed by atoms with Crippen molar-refractivity contribution in [3.05, 3.63) is 35.9 Å². The SMILES string of the molecule is NC1=NC(=O)N(Cc2ccccc2)C1C1CCCC1. The van der Waals surface area contributed by atoms with Crippen molar-refractivity contribution in [2.24, 2.45) is 16.6 Å². The van der Waals surface area contributed by atoms with Gasteiger partial charge in [-0.3, -0.25) is 0 Å². The van der Waals surface area contributed by atoms with Crippen molar-refractivity contribution in [3.8, 4) is 0 Å². The smallest absolute Gasteiger partial charge is 0.346 e. The van der Waals surface area contributed by atoms with Crippen molar-refractivity contribution in [2.75, 3.05) is 0 Å². The fourth-order valence-electron chi connectivity index (χ4n) is 3.23. The van der Waals surface area contributed by atoms with Gasteiger partial charge in [-0.1, -0.05) is 43.2 Å². The summed E-state index contributed by atoms with van der Waals surface area (Å²) in [5, 5.41) is 0. The fourth-order valence-corrected chi connectivity index (χ4v) is 3.23. The van der Waals surface area contributed by atoms with Gasteiger partial charge in [0, 0.05) is 6.54 Å². The second-order valence-corrected chi connectivity index (χ2v) is 5.42. The van der Waals surface area contributed by atoms with E-state index in [0.29, 0.717) is 18.3 Å². The average Bonchev–Trinajstić information content (AvgIpc) is 3.00. The van der Waals surface area contributed by atoms with E-state index in [4.69, 9.17) is 5.73 Å². The molecule has 4 heteroatoms. The quantitative estimate of drug-likeness (QED) is 0.904. The third kappa shape index (κ3) is 2.35. The molecule has 1 aromatic carbocycles. The summed E-state index contributed by atoms with van der Waals surface area (Å²) in [6, 6.07) is 9.86. The zero-order chi connectivity index (χ0) is 13.2. The highest BCUT2D eigenvalue weighted by Crippen LogP contribution is 2.33. The number of benzene rings is 1. The van der Waals surface area contributed by atoms with Crippen LogP contribution in [0.5, 0.6) is 0 Å². The zero-order valence-electron chi connectivity index (χ0n) is 11.0. The molecule has 0 aromatic heterocycles. The molecule has 1 saturated carbocycles. The van der Waals surface area contributed by atoms with Gasteiger partial charge >= 0.3 is 6.03 Å². The summed E-state index contributed by atoms with van der Waals surface area (Å²) in [5.41, 5.74) is 7.11. The summed E-state index contributed by atoms with van der Waals surface area (Å²) < 4.78 is 0. The lowest BCUT2D eigenvalue weighted by molar-refractivity contribution is 0.186. The number of amidine groups is 1. The second-order valence-electron chi connectivity index (χ2n) is 5.42. The van der Waals surface area contributed by atoms with Crippen LogP contribution < -0.4 is 5.73 Å². The summed E-state index contributed by atoms with van der Waals surface area (Å²) in [6.45, 7) is 0.602. The van der Waals surface area contributed by atoms with Crippen LogP contribution in [0.4, 0.5) is 4.79 Å². The van der Waals surface area contributed by atoms with E-state index < -0.39 is 0 Å². The van der Waals surface area contributed by atoms with Gasteiger partial charge in [-0.05, 0) is 24.3 Å². The number of nitrogens with zero attached hydrogens (tertiary/aromatic N) is 2. The molecule has 1 atom stereocenters. The summed E-state index contributed by atoms with van der Waals surface area (Å²) in [6.07, 6.45) is 4.78. The molecule has 1 aliphatic heterocycles. The number of hydrogen-bond donors (Lipinski definition) is 1. The molecule has 1 aromatic rings. The van der Waals surface area contributed by atoms with Crippen molar-refractivity contribution in [1.29, 1.82) is 0 Å². The number of aliphatic imine (C=N–C) groups is 1. The van der Waals surface area contributed by atoms with Gasteiger partial charge in [0.15, 0.2) is 0 Å². The van der Waals surface area contributed by atoms with E-state index >= 15 is 0 Å². The average molecular weight is 257 g/mol. The van der Waals surface area contributed by atoms with Crippen molar-refractivity contribution in [3.63, 3.8) is 0 Å². The van der Waals surface area contributed by atoms with E-state index in [9.17, 15) is 4.79 Å². The van der Waals surface area contributed by atoms with Crippen molar-refractivity contribution < 1.29 is 4.79 Å². The first-order chi connectivity index (χ1) is 9.25. The van der Waals surface area contributed by atoms with Crippen LogP contribution >= 0.6 is 0 Å². The molecular formula is C15H19N3O. The van der Waals surface area contributed by atoms with Crippen LogP contribution in [0.25, 0.3) is 0 Å². The number of hydrogen-bond acceptors (Lipinski definition) is 2. The maximum absolute atomic E-state index is 12.0. The van der Waals surface area contributed by atoms with Gasteiger partial charge in [0.25, 0.3) is 0 Å². The van der Waals surface area contributed by atoms with Gasteiger partial charge in [-0.2, -0.15) is 4.99 Å². The molecule has 2 aliphatic rings. The number of urea groups is 1. The van der Waals surface area contributed by atoms with Crippen LogP contribution in [0.1, 0.15) is 31.2 Å². The van der Waals surface area contributed by atoms with Gasteiger partial charge in [0.05, 0.1) is 6.04 Å². The van der Waals surface area contributed by atoms with Crippen LogP contribution in [0.3, 0.4) is 0 Å². The first kappa shape index (κ1) is 12.2. The van der Waals surface area contributed by atoms with Gasteiger partial charge in [0.1, 0.15) is 5.84 Å². The van der Waals surface area contributed by atoms with E-state index in [1.54, 1.807) is 0 Å². The van der Waals surface area contributed by atoms with Gasteiger partial charge in [-0.25, -0.2) is 4.79 Å². The molecular weight excluding hydrogens is 238 g/mol. The predicted molar refractivity (Wildman–Crippen MR) is 74.7 cm³/mol. The molecule has 0 spiro atoms. The Bertz CT molecular complexity index is 491. The Morgan fingerprint density at radius 2 is 1.89 bits per heavy atom. The highest BCUT2D eigenvalue weighted by atomic mass is 16.2. The Morgan fingerprint density at radius 1 is 1.21 bits per heavy atom. The van der Waals surface area contributed by atoms with Crippen LogP contribution in [0.15, 0.2) is 35.3 Å². The molecule has 1 fully saturated rings. The first-order valence-electron chi connectivity index (χ1n) is 6.94. The lowest BCUT2D eigenvalue weighted by atomic mass is 9.96. The highest BCUT2D eigenvalue weighted by molar-refractivity contribution is 6.03. The third-order valence-electron chi connectivity index (χ3n) is 4.15. The maximum Gasteiger partial charge on any atom is 0.346 e. The molecule has 1 aliphatic carbocycles. The monoisotopic (exact) mass is 257 g/mol. The Kier molecular flexibility index (Phi) is 3.23. The van der Waals surface area contributed by atoms with Crippen LogP contribution in [-0.4, -0.2) is 22.8 Å². The Labute approximate surface area is 113 Å². The summed E-state index contributed by atoms with van der Waals surface area (Å²) in [7, 11) is 0. The summed E-state index contributed by atoms with van der Waals surface area (Å²) in [5.74, 6) is 0.992. The number of rotatable bonds is 3. The van der Waals surface area contributed by atoms with Crippen LogP contribution in [0.2, 0.25) is 0 Å². The van der Waals surface area contributed by atoms with Crippen LogP contribution in [0, 0.1) is 5.92 Å². The Hall–Kier alpha value is -1.84. The lowest BCUT2D eigenvalue weighted by Crippen LogP contribution is -2.44. The number of carbonyl (C=O) groups excluding carboxylic acids is 1. The molecule has 3 rings (SSSR count). The van der Waals surface area contributed by atoms with E-state index in [-0.39, 0.29) is 12.1 Å². The van der Waals surface area contributed by atoms with Crippen LogP contribution in [-0.2, 0) is 6.54 Å². The van der Waals surface area contributed by atoms with Gasteiger partial charge in [-0.15, -0.1) is 0 Å². The predicted octanol–water partition coefficient (Wildman–Crippen LogP) is 2.54. The summed E-state index contributed by atoms with van der Waals surface area (Å²) >= 11 is 0. The van der Waals surface area contributed by atoms with E-state index in [1.807, 2.05) is 35.2 Å². The minimum Gasteiger partial charge on any atom is -0.385 e. The largest absolute Gasteiger partial charge is 0.385 e. The normalized spacial score (nSPS) is 24.0. The fraction of sp³-hybridized carbons (Fsp3) is 0.467.